The number of alkyl halides is 2. The molecule has 1 aliphatic carbocycles. The Labute approximate surface area is 390 Å². The Morgan fingerprint density at radius 3 is 2.53 bits per heavy atom. The van der Waals surface area contributed by atoms with Crippen molar-refractivity contribution in [1.29, 1.82) is 0 Å². The first-order chi connectivity index (χ1) is 31.8. The molecule has 3 aliphatic rings. The van der Waals surface area contributed by atoms with E-state index in [0.29, 0.717) is 73.3 Å². The predicted molar refractivity (Wildman–Crippen MR) is 246 cm³/mol. The molecule has 2 bridgehead atoms. The summed E-state index contributed by atoms with van der Waals surface area (Å²) in [6.45, 7) is 7.67. The summed E-state index contributed by atoms with van der Waals surface area (Å²) in [5, 5.41) is 11.5. The number of hydrogen-bond donors (Lipinski definition) is 1. The minimum absolute atomic E-state index is 0.0136. The number of nitrogens with zero attached hydrogens (tertiary/aromatic N) is 6. The van der Waals surface area contributed by atoms with Gasteiger partial charge in [-0.25, -0.2) is 37.9 Å². The van der Waals surface area contributed by atoms with Crippen molar-refractivity contribution in [2.24, 2.45) is 0 Å². The summed E-state index contributed by atoms with van der Waals surface area (Å²) in [6.07, 6.45) is 7.38. The second kappa shape index (κ2) is 20.4. The third-order valence-corrected chi connectivity index (χ3v) is 13.9. The fraction of sp³-hybridized carbons (Fsp3) is 0.408. The van der Waals surface area contributed by atoms with Crippen LogP contribution >= 0.6 is 22.9 Å². The van der Waals surface area contributed by atoms with E-state index in [9.17, 15) is 23.1 Å². The maximum Gasteiger partial charge on any atom is 0.345 e. The molecule has 0 unspecified atom stereocenters. The molecule has 66 heavy (non-hydrogen) atoms. The van der Waals surface area contributed by atoms with E-state index in [4.69, 9.17) is 37.0 Å². The van der Waals surface area contributed by atoms with E-state index in [0.717, 1.165) is 31.8 Å². The fourth-order valence-electron chi connectivity index (χ4n) is 8.57. The molecule has 2 aliphatic heterocycles. The van der Waals surface area contributed by atoms with Gasteiger partial charge in [-0.1, -0.05) is 30.7 Å². The number of fused-ring (bicyclic) bond motifs is 2. The molecule has 8 rings (SSSR count). The first-order valence-corrected chi connectivity index (χ1v) is 23.1. The second-order valence-electron chi connectivity index (χ2n) is 16.8. The zero-order chi connectivity index (χ0) is 46.5. The Bertz CT molecular complexity index is 2670. The smallest absolute Gasteiger partial charge is 0.345 e. The number of carbonyl (C=O) groups is 1. The van der Waals surface area contributed by atoms with Crippen LogP contribution < -0.4 is 14.2 Å². The van der Waals surface area contributed by atoms with Gasteiger partial charge < -0.3 is 29.0 Å². The first kappa shape index (κ1) is 46.8. The van der Waals surface area contributed by atoms with Gasteiger partial charge in [0.2, 0.25) is 17.9 Å². The molecule has 2 fully saturated rings. The van der Waals surface area contributed by atoms with Gasteiger partial charge in [0.1, 0.15) is 53.6 Å². The largest absolute Gasteiger partial charge is 0.490 e. The second-order valence-corrected chi connectivity index (χ2v) is 18.2. The Morgan fingerprint density at radius 1 is 1.06 bits per heavy atom. The number of likely N-dealkylation sites (N-methyl/N-ethyl adjacent to an activating group) is 1. The number of thiophene rings is 1. The summed E-state index contributed by atoms with van der Waals surface area (Å²) in [4.78, 5) is 37.2. The van der Waals surface area contributed by atoms with E-state index in [-0.39, 0.29) is 67.9 Å². The van der Waals surface area contributed by atoms with Crippen molar-refractivity contribution >= 4 is 44.7 Å². The van der Waals surface area contributed by atoms with Crippen molar-refractivity contribution < 1.29 is 42.0 Å². The van der Waals surface area contributed by atoms with Crippen LogP contribution in [0.1, 0.15) is 74.5 Å². The summed E-state index contributed by atoms with van der Waals surface area (Å²) < 4.78 is 68.1. The van der Waals surface area contributed by atoms with Gasteiger partial charge in [0.15, 0.2) is 5.76 Å². The number of terminal acetylenes is 1. The summed E-state index contributed by atoms with van der Waals surface area (Å²) in [5.41, 5.74) is 3.64. The van der Waals surface area contributed by atoms with Gasteiger partial charge in [-0.3, -0.25) is 4.90 Å². The molecule has 3 aromatic heterocycles. The molecule has 346 valence electrons. The molecule has 1 N–H and O–H groups in total. The monoisotopic (exact) mass is 942 g/mol. The number of aliphatic carboxylic acids is 1. The number of aromatic nitrogens is 4. The van der Waals surface area contributed by atoms with E-state index in [1.807, 2.05) is 13.8 Å². The Morgan fingerprint density at radius 2 is 1.82 bits per heavy atom. The van der Waals surface area contributed by atoms with E-state index in [2.05, 4.69) is 42.7 Å². The Kier molecular flexibility index (Phi) is 14.5. The van der Waals surface area contributed by atoms with Crippen molar-refractivity contribution in [3.8, 4) is 40.2 Å². The van der Waals surface area contributed by atoms with Crippen LogP contribution in [0.15, 0.2) is 77.4 Å². The topological polar surface area (TPSA) is 132 Å². The van der Waals surface area contributed by atoms with Gasteiger partial charge in [0.05, 0.1) is 16.1 Å². The first-order valence-electron chi connectivity index (χ1n) is 21.9. The number of ether oxygens (including phenoxy) is 4. The number of carboxylic acids is 1. The third-order valence-electron chi connectivity index (χ3n) is 12.3. The maximum absolute atomic E-state index is 14.3. The van der Waals surface area contributed by atoms with Crippen molar-refractivity contribution in [2.75, 3.05) is 46.4 Å². The molecule has 5 aromatic rings. The van der Waals surface area contributed by atoms with Gasteiger partial charge in [0.25, 0.3) is 0 Å². The third kappa shape index (κ3) is 10.8. The maximum atomic E-state index is 14.3. The number of piperazine rings is 1. The van der Waals surface area contributed by atoms with E-state index < -0.39 is 29.9 Å². The fourth-order valence-corrected chi connectivity index (χ4v) is 9.95. The van der Waals surface area contributed by atoms with Gasteiger partial charge in [-0.15, -0.1) is 17.8 Å². The number of carboxylic acid groups (broad SMARTS) is 1. The summed E-state index contributed by atoms with van der Waals surface area (Å²) in [7, 11) is 2.08. The molecule has 0 radical (unpaired) electrons. The molecule has 5 heterocycles. The van der Waals surface area contributed by atoms with Crippen LogP contribution in [-0.4, -0.2) is 105 Å². The number of hydrogen-bond acceptors (Lipinski definition) is 12. The Hall–Kier alpha value is -5.73. The molecule has 2 atom stereocenters. The van der Waals surface area contributed by atoms with Crippen molar-refractivity contribution in [2.45, 2.75) is 83.0 Å². The number of benzene rings is 2. The van der Waals surface area contributed by atoms with Crippen LogP contribution in [0.2, 0.25) is 0 Å². The normalized spacial score (nSPS) is 22.4. The van der Waals surface area contributed by atoms with Gasteiger partial charge in [0, 0.05) is 80.1 Å². The van der Waals surface area contributed by atoms with Crippen LogP contribution in [0.4, 0.5) is 13.2 Å². The van der Waals surface area contributed by atoms with Crippen LogP contribution in [0.25, 0.3) is 26.2 Å². The number of rotatable bonds is 9. The Balaban J connectivity index is 1.22. The molecule has 1 saturated heterocycles. The molecule has 12 nitrogen and oxygen atoms in total. The van der Waals surface area contributed by atoms with Gasteiger partial charge in [-0.05, 0) is 92.3 Å². The lowest BCUT2D eigenvalue weighted by Gasteiger charge is -2.34. The number of allylic oxidation sites excluding steroid dienone is 4. The summed E-state index contributed by atoms with van der Waals surface area (Å²) >= 11 is 8.59. The van der Waals surface area contributed by atoms with Crippen LogP contribution in [0.3, 0.4) is 0 Å². The van der Waals surface area contributed by atoms with E-state index >= 15 is 0 Å². The molecular formula is C49H50ClF3N6O6S. The molecule has 1 saturated carbocycles. The van der Waals surface area contributed by atoms with Crippen molar-refractivity contribution in [3.63, 3.8) is 0 Å². The zero-order valence-electron chi connectivity index (χ0n) is 36.9. The molecule has 17 heteroatoms. The highest BCUT2D eigenvalue weighted by Gasteiger charge is 2.36. The molecule has 0 spiro atoms. The molecular weight excluding hydrogens is 893 g/mol. The zero-order valence-corrected chi connectivity index (χ0v) is 38.4. The predicted octanol–water partition coefficient (Wildman–Crippen LogP) is 9.53. The summed E-state index contributed by atoms with van der Waals surface area (Å²) in [6, 6.07) is 12.9. The SMILES string of the molecule is C#C/C1=C(Cl)\C(C)=C(/CC)c2c(-c3ccc(F)cc3)sc3ncnc(c23)O[C@@H](C(=O)O)Cc2cc(ccc2OCc2ccnc(C3CCC(F)(F)CC3)n2)OC[C@@H](CN2CCN(C)CC2)O1. The lowest BCUT2D eigenvalue weighted by atomic mass is 9.86. The van der Waals surface area contributed by atoms with Gasteiger partial charge in [-0.2, -0.15) is 0 Å². The lowest BCUT2D eigenvalue weighted by Crippen LogP contribution is -2.48. The van der Waals surface area contributed by atoms with Gasteiger partial charge >= 0.3 is 5.97 Å². The van der Waals surface area contributed by atoms with Crippen molar-refractivity contribution in [1.82, 2.24) is 29.7 Å². The summed E-state index contributed by atoms with van der Waals surface area (Å²) in [5.74, 6) is -0.493. The lowest BCUT2D eigenvalue weighted by molar-refractivity contribution is -0.145. The molecule has 2 aromatic carbocycles. The highest BCUT2D eigenvalue weighted by Crippen LogP contribution is 2.48. The highest BCUT2D eigenvalue weighted by atomic mass is 35.5. The van der Waals surface area contributed by atoms with Crippen molar-refractivity contribution in [3.05, 3.63) is 106 Å². The van der Waals surface area contributed by atoms with E-state index in [1.54, 1.807) is 42.6 Å². The van der Waals surface area contributed by atoms with Crippen LogP contribution in [-0.2, 0) is 22.6 Å². The average Bonchev–Trinajstić information content (AvgIpc) is 3.70. The number of halogens is 4. The minimum atomic E-state index is -2.68. The van der Waals surface area contributed by atoms with E-state index in [1.165, 1.54) is 29.8 Å². The van der Waals surface area contributed by atoms with Crippen LogP contribution in [0, 0.1) is 18.2 Å². The average molecular weight is 943 g/mol. The quantitative estimate of drug-likeness (QED) is 0.141. The molecule has 0 amide bonds. The highest BCUT2D eigenvalue weighted by molar-refractivity contribution is 7.22. The minimum Gasteiger partial charge on any atom is -0.490 e. The van der Waals surface area contributed by atoms with Crippen LogP contribution in [0.5, 0.6) is 17.4 Å². The standard InChI is InChI=1S/C49H50ClF3N6O6S/c1-5-37-29(3)43(50)38(6-2)64-36(25-59-21-19-58(4)20-22-59)27-62-35-11-12-39(63-26-34-15-18-54-45(57-34)31-13-16-49(52,53)17-14-31)32(23-35)24-40(48(60)61)65-46-42-41(37)44(66-47(42)56-28-55-46)30-7-9-33(51)10-8-30/h2,7-12,15,18,23,28,31,36,40H,5,13-14,16-17,19-22,24-27H2,1,3-4H3,(H,60,61)/b37-29+,43-38-/t36-,40-/m1/s1.